The molecule has 0 unspecified atom stereocenters. The standard InChI is InChI=1S/C28H32F3N7/c1-18(2)38-13-11-37(12-14-38)17-20-5-8-25(33-16-20)35-27-32-10-9-23(34-27)21-6-7-24-22(15-21)26(28(29,30)31)19(3)36(24)4/h5-10,15-16,18H,11-14,17H2,1-4H3,(H,32,33,34,35). The Kier molecular flexibility index (Phi) is 7.11. The molecule has 3 aromatic heterocycles. The van der Waals surface area contributed by atoms with Crippen molar-refractivity contribution in [1.29, 1.82) is 0 Å². The quantitative estimate of drug-likeness (QED) is 0.354. The third kappa shape index (κ3) is 5.37. The number of aryl methyl sites for hydroxylation is 1. The Hall–Kier alpha value is -3.50. The number of aromatic nitrogens is 4. The molecule has 0 bridgehead atoms. The number of halogens is 3. The van der Waals surface area contributed by atoms with Crippen molar-refractivity contribution in [3.05, 3.63) is 65.6 Å². The van der Waals surface area contributed by atoms with Crippen molar-refractivity contribution in [3.63, 3.8) is 0 Å². The maximum atomic E-state index is 13.8. The molecule has 1 aliphatic heterocycles. The summed E-state index contributed by atoms with van der Waals surface area (Å²) in [5, 5.41) is 3.27. The highest BCUT2D eigenvalue weighted by Crippen LogP contribution is 2.40. The molecule has 4 heterocycles. The zero-order valence-electron chi connectivity index (χ0n) is 22.0. The van der Waals surface area contributed by atoms with Crippen LogP contribution in [0.15, 0.2) is 48.8 Å². The maximum Gasteiger partial charge on any atom is 0.418 e. The lowest BCUT2D eigenvalue weighted by molar-refractivity contribution is -0.136. The van der Waals surface area contributed by atoms with Crippen LogP contribution in [0, 0.1) is 6.92 Å². The summed E-state index contributed by atoms with van der Waals surface area (Å²) in [6.45, 7) is 11.0. The molecule has 1 aliphatic rings. The summed E-state index contributed by atoms with van der Waals surface area (Å²) in [7, 11) is 1.64. The van der Waals surface area contributed by atoms with E-state index in [1.807, 2.05) is 18.3 Å². The van der Waals surface area contributed by atoms with Gasteiger partial charge in [-0.3, -0.25) is 9.80 Å². The van der Waals surface area contributed by atoms with Crippen molar-refractivity contribution in [3.8, 4) is 11.3 Å². The first-order chi connectivity index (χ1) is 18.1. The number of hydrogen-bond acceptors (Lipinski definition) is 6. The minimum absolute atomic E-state index is 0.158. The van der Waals surface area contributed by atoms with Gasteiger partial charge in [0.1, 0.15) is 5.82 Å². The molecule has 7 nitrogen and oxygen atoms in total. The maximum absolute atomic E-state index is 13.8. The second-order valence-corrected chi connectivity index (χ2v) is 10.1. The second kappa shape index (κ2) is 10.3. The number of rotatable bonds is 6. The Morgan fingerprint density at radius 2 is 1.76 bits per heavy atom. The van der Waals surface area contributed by atoms with E-state index in [1.54, 1.807) is 42.1 Å². The fraction of sp³-hybridized carbons (Fsp3) is 0.393. The van der Waals surface area contributed by atoms with Crippen LogP contribution in [0.2, 0.25) is 0 Å². The van der Waals surface area contributed by atoms with E-state index in [-0.39, 0.29) is 11.1 Å². The van der Waals surface area contributed by atoms with Crippen molar-refractivity contribution in [2.75, 3.05) is 31.5 Å². The number of alkyl halides is 3. The van der Waals surface area contributed by atoms with Crippen LogP contribution < -0.4 is 5.32 Å². The summed E-state index contributed by atoms with van der Waals surface area (Å²) in [6.07, 6.45) is -1.01. The monoisotopic (exact) mass is 523 g/mol. The van der Waals surface area contributed by atoms with Gasteiger partial charge in [0.05, 0.1) is 11.3 Å². The molecule has 0 atom stereocenters. The van der Waals surface area contributed by atoms with Gasteiger partial charge in [-0.2, -0.15) is 13.2 Å². The third-order valence-electron chi connectivity index (χ3n) is 7.33. The van der Waals surface area contributed by atoms with Gasteiger partial charge in [0.15, 0.2) is 0 Å². The highest BCUT2D eigenvalue weighted by Gasteiger charge is 2.36. The SMILES string of the molecule is Cc1c(C(F)(F)F)c2cc(-c3ccnc(Nc4ccc(CN5CCN(C(C)C)CC5)cn4)n3)ccc2n1C. The second-order valence-electron chi connectivity index (χ2n) is 10.1. The van der Waals surface area contributed by atoms with Gasteiger partial charge < -0.3 is 9.88 Å². The Bertz CT molecular complexity index is 1420. The van der Waals surface area contributed by atoms with Gasteiger partial charge in [-0.15, -0.1) is 0 Å². The van der Waals surface area contributed by atoms with Crippen molar-refractivity contribution < 1.29 is 13.2 Å². The summed E-state index contributed by atoms with van der Waals surface area (Å²) in [5.74, 6) is 0.928. The number of piperazine rings is 1. The molecule has 200 valence electrons. The van der Waals surface area contributed by atoms with Crippen LogP contribution in [-0.2, 0) is 19.8 Å². The lowest BCUT2D eigenvalue weighted by atomic mass is 10.1. The van der Waals surface area contributed by atoms with Crippen molar-refractivity contribution in [2.45, 2.75) is 39.5 Å². The van der Waals surface area contributed by atoms with E-state index in [1.165, 1.54) is 6.92 Å². The first-order valence-electron chi connectivity index (χ1n) is 12.8. The molecule has 1 saturated heterocycles. The molecule has 4 aromatic rings. The van der Waals surface area contributed by atoms with Crippen LogP contribution in [0.5, 0.6) is 0 Å². The lowest BCUT2D eigenvalue weighted by Crippen LogP contribution is -2.48. The van der Waals surface area contributed by atoms with Crippen LogP contribution in [0.4, 0.5) is 24.9 Å². The molecule has 0 saturated carbocycles. The van der Waals surface area contributed by atoms with Crippen LogP contribution >= 0.6 is 0 Å². The molecular weight excluding hydrogens is 491 g/mol. The average Bonchev–Trinajstić information content (AvgIpc) is 3.15. The third-order valence-corrected chi connectivity index (χ3v) is 7.33. The molecule has 0 radical (unpaired) electrons. The molecule has 1 N–H and O–H groups in total. The van der Waals surface area contributed by atoms with Crippen molar-refractivity contribution in [1.82, 2.24) is 29.3 Å². The summed E-state index contributed by atoms with van der Waals surface area (Å²) in [5.41, 5.74) is 2.33. The predicted octanol–water partition coefficient (Wildman–Crippen LogP) is 5.63. The van der Waals surface area contributed by atoms with E-state index < -0.39 is 11.7 Å². The van der Waals surface area contributed by atoms with E-state index in [4.69, 9.17) is 0 Å². The number of nitrogens with one attached hydrogen (secondary N) is 1. The summed E-state index contributed by atoms with van der Waals surface area (Å²) < 4.78 is 42.9. The number of hydrogen-bond donors (Lipinski definition) is 1. The summed E-state index contributed by atoms with van der Waals surface area (Å²) in [4.78, 5) is 18.3. The smallest absolute Gasteiger partial charge is 0.347 e. The highest BCUT2D eigenvalue weighted by molar-refractivity contribution is 5.90. The van der Waals surface area contributed by atoms with E-state index in [0.29, 0.717) is 34.6 Å². The minimum Gasteiger partial charge on any atom is -0.347 e. The number of benzene rings is 1. The molecule has 0 aliphatic carbocycles. The fourth-order valence-corrected chi connectivity index (χ4v) is 5.07. The Balaban J connectivity index is 1.30. The van der Waals surface area contributed by atoms with Gasteiger partial charge >= 0.3 is 6.18 Å². The molecule has 0 amide bonds. The first kappa shape index (κ1) is 26.1. The zero-order valence-corrected chi connectivity index (χ0v) is 22.0. The lowest BCUT2D eigenvalue weighted by Gasteiger charge is -2.36. The molecular formula is C28H32F3N7. The molecule has 38 heavy (non-hydrogen) atoms. The van der Waals surface area contributed by atoms with Gasteiger partial charge in [0.25, 0.3) is 0 Å². The molecule has 10 heteroatoms. The van der Waals surface area contributed by atoms with Crippen LogP contribution in [0.25, 0.3) is 22.2 Å². The van der Waals surface area contributed by atoms with Crippen molar-refractivity contribution in [2.24, 2.45) is 7.05 Å². The van der Waals surface area contributed by atoms with Crippen LogP contribution in [0.3, 0.4) is 0 Å². The molecule has 5 rings (SSSR count). The Morgan fingerprint density at radius 1 is 1.00 bits per heavy atom. The van der Waals surface area contributed by atoms with E-state index in [9.17, 15) is 13.2 Å². The van der Waals surface area contributed by atoms with E-state index in [2.05, 4.69) is 43.9 Å². The van der Waals surface area contributed by atoms with Gasteiger partial charge in [0.2, 0.25) is 5.95 Å². The van der Waals surface area contributed by atoms with Gasteiger partial charge in [0, 0.05) is 80.4 Å². The minimum atomic E-state index is -4.44. The number of anilines is 2. The topological polar surface area (TPSA) is 62.1 Å². The Morgan fingerprint density at radius 3 is 2.42 bits per heavy atom. The number of nitrogens with zero attached hydrogens (tertiary/aromatic N) is 6. The van der Waals surface area contributed by atoms with Crippen molar-refractivity contribution >= 4 is 22.7 Å². The van der Waals surface area contributed by atoms with E-state index >= 15 is 0 Å². The predicted molar refractivity (Wildman–Crippen MR) is 143 cm³/mol. The number of fused-ring (bicyclic) bond motifs is 1. The largest absolute Gasteiger partial charge is 0.418 e. The van der Waals surface area contributed by atoms with Gasteiger partial charge in [-0.25, -0.2) is 15.0 Å². The molecule has 0 spiro atoms. The van der Waals surface area contributed by atoms with E-state index in [0.717, 1.165) is 38.3 Å². The van der Waals surface area contributed by atoms with Gasteiger partial charge in [-0.1, -0.05) is 12.1 Å². The number of pyridine rings is 1. The molecule has 1 aromatic carbocycles. The summed E-state index contributed by atoms with van der Waals surface area (Å²) in [6, 6.07) is 11.2. The average molecular weight is 524 g/mol. The Labute approximate surface area is 220 Å². The van der Waals surface area contributed by atoms with Crippen LogP contribution in [-0.4, -0.2) is 61.5 Å². The van der Waals surface area contributed by atoms with Crippen LogP contribution in [0.1, 0.15) is 30.7 Å². The highest BCUT2D eigenvalue weighted by atomic mass is 19.4. The zero-order chi connectivity index (χ0) is 27.0. The van der Waals surface area contributed by atoms with Gasteiger partial charge in [-0.05, 0) is 50.6 Å². The molecule has 1 fully saturated rings. The first-order valence-corrected chi connectivity index (χ1v) is 12.8. The summed E-state index contributed by atoms with van der Waals surface area (Å²) >= 11 is 0. The normalized spacial score (nSPS) is 15.5. The fourth-order valence-electron chi connectivity index (χ4n) is 5.07.